The normalized spacial score (nSPS) is 20.1. The zero-order chi connectivity index (χ0) is 21.8. The van der Waals surface area contributed by atoms with Crippen molar-refractivity contribution in [3.8, 4) is 0 Å². The molecule has 5 rings (SSSR count). The number of imidazole rings is 1. The van der Waals surface area contributed by atoms with Crippen LogP contribution in [0.3, 0.4) is 0 Å². The van der Waals surface area contributed by atoms with Crippen LogP contribution in [-0.4, -0.2) is 46.7 Å². The minimum absolute atomic E-state index is 0.0264. The van der Waals surface area contributed by atoms with Crippen LogP contribution in [0.25, 0.3) is 0 Å². The monoisotopic (exact) mass is 432 g/mol. The number of halogens is 3. The molecule has 31 heavy (non-hydrogen) atoms. The van der Waals surface area contributed by atoms with Gasteiger partial charge in [0.15, 0.2) is 0 Å². The van der Waals surface area contributed by atoms with E-state index in [-0.39, 0.29) is 18.9 Å². The van der Waals surface area contributed by atoms with Crippen molar-refractivity contribution in [2.75, 3.05) is 25.0 Å². The average molecular weight is 432 g/mol. The number of hydrogen-bond donors (Lipinski definition) is 0. The molecular formula is C23H27F3N4O. The van der Waals surface area contributed by atoms with Crippen molar-refractivity contribution < 1.29 is 18.0 Å². The summed E-state index contributed by atoms with van der Waals surface area (Å²) in [7, 11) is 2.01. The molecule has 3 aliphatic rings. The zero-order valence-corrected chi connectivity index (χ0v) is 17.7. The number of aromatic nitrogens is 2. The van der Waals surface area contributed by atoms with Gasteiger partial charge in [-0.2, -0.15) is 13.2 Å². The molecule has 5 nitrogen and oxygen atoms in total. The van der Waals surface area contributed by atoms with E-state index >= 15 is 0 Å². The molecule has 1 aliphatic carbocycles. The van der Waals surface area contributed by atoms with Gasteiger partial charge in [0, 0.05) is 37.4 Å². The fourth-order valence-corrected chi connectivity index (χ4v) is 5.55. The van der Waals surface area contributed by atoms with Crippen molar-refractivity contribution in [3.63, 3.8) is 0 Å². The van der Waals surface area contributed by atoms with Gasteiger partial charge in [-0.25, -0.2) is 4.98 Å². The second-order valence-electron chi connectivity index (χ2n) is 9.16. The highest BCUT2D eigenvalue weighted by molar-refractivity contribution is 6.09. The van der Waals surface area contributed by atoms with E-state index in [2.05, 4.69) is 4.90 Å². The molecule has 0 radical (unpaired) electrons. The lowest BCUT2D eigenvalue weighted by atomic mass is 9.75. The highest BCUT2D eigenvalue weighted by atomic mass is 19.4. The fourth-order valence-electron chi connectivity index (χ4n) is 5.55. The van der Waals surface area contributed by atoms with Crippen LogP contribution in [0.4, 0.5) is 18.9 Å². The van der Waals surface area contributed by atoms with Crippen LogP contribution >= 0.6 is 0 Å². The topological polar surface area (TPSA) is 41.4 Å². The van der Waals surface area contributed by atoms with Crippen LogP contribution in [-0.2, 0) is 36.1 Å². The quantitative estimate of drug-likeness (QED) is 0.721. The lowest BCUT2D eigenvalue weighted by Gasteiger charge is -2.44. The van der Waals surface area contributed by atoms with E-state index in [1.807, 2.05) is 35.9 Å². The molecule has 1 spiro atoms. The number of anilines is 1. The molecule has 1 fully saturated rings. The first-order valence-electron chi connectivity index (χ1n) is 11.0. The summed E-state index contributed by atoms with van der Waals surface area (Å²) in [6.45, 7) is 1.97. The maximum atomic E-state index is 13.5. The molecule has 8 heteroatoms. The first-order valence-corrected chi connectivity index (χ1v) is 11.0. The number of likely N-dealkylation sites (N-methyl/N-ethyl adjacent to an activating group) is 1. The number of likely N-dealkylation sites (tertiary alicyclic amines) is 1. The number of carbonyl (C=O) groups excluding carboxylic acids is 1. The third-order valence-corrected chi connectivity index (χ3v) is 6.90. The molecule has 2 aliphatic heterocycles. The number of alkyl halides is 3. The Labute approximate surface area is 179 Å². The highest BCUT2D eigenvalue weighted by Gasteiger charge is 2.57. The Balaban J connectivity index is 1.46. The summed E-state index contributed by atoms with van der Waals surface area (Å²) in [4.78, 5) is 22.3. The van der Waals surface area contributed by atoms with Gasteiger partial charge in [-0.1, -0.05) is 18.2 Å². The van der Waals surface area contributed by atoms with Crippen LogP contribution in [0.2, 0.25) is 0 Å². The molecule has 0 N–H and O–H groups in total. The molecule has 0 unspecified atom stereocenters. The Hall–Kier alpha value is -2.35. The fraction of sp³-hybridized carbons (Fsp3) is 0.565. The largest absolute Gasteiger partial charge is 0.389 e. The Morgan fingerprint density at radius 2 is 1.87 bits per heavy atom. The van der Waals surface area contributed by atoms with Crippen molar-refractivity contribution in [1.29, 1.82) is 0 Å². The Bertz CT molecular complexity index is 1010. The van der Waals surface area contributed by atoms with Gasteiger partial charge in [-0.15, -0.1) is 0 Å². The maximum Gasteiger partial charge on any atom is 0.389 e. The molecule has 0 bridgehead atoms. The number of nitrogens with zero attached hydrogens (tertiary/aromatic N) is 4. The molecular weight excluding hydrogens is 405 g/mol. The molecule has 0 saturated carbocycles. The van der Waals surface area contributed by atoms with E-state index in [0.717, 1.165) is 48.3 Å². The molecule has 1 saturated heterocycles. The number of benzene rings is 1. The first-order chi connectivity index (χ1) is 14.8. The number of amides is 1. The number of rotatable bonds is 5. The van der Waals surface area contributed by atoms with Crippen LogP contribution in [0.1, 0.15) is 48.5 Å². The summed E-state index contributed by atoms with van der Waals surface area (Å²) in [5, 5.41) is 0. The van der Waals surface area contributed by atoms with E-state index in [1.54, 1.807) is 4.90 Å². The summed E-state index contributed by atoms with van der Waals surface area (Å²) < 4.78 is 40.2. The number of hydrogen-bond acceptors (Lipinski definition) is 3. The molecule has 166 valence electrons. The summed E-state index contributed by atoms with van der Waals surface area (Å²) in [6, 6.07) is 7.89. The standard InChI is InChI=1S/C23H27F3N4O/c1-28-14-22(15-28)16-7-2-4-9-18(16)30(21(22)31)13-20-27-17-8-3-5-10-19(17)29(20)12-6-11-23(24,25)26/h2,4,7,9H,3,5-6,8,10-15H2,1H3. The van der Waals surface area contributed by atoms with Gasteiger partial charge >= 0.3 is 6.18 Å². The lowest BCUT2D eigenvalue weighted by Crippen LogP contribution is -2.62. The molecule has 2 aromatic rings. The Morgan fingerprint density at radius 1 is 1.13 bits per heavy atom. The molecule has 3 heterocycles. The number of carbonyl (C=O) groups is 1. The Morgan fingerprint density at radius 3 is 2.61 bits per heavy atom. The van der Waals surface area contributed by atoms with Crippen LogP contribution in [0.15, 0.2) is 24.3 Å². The van der Waals surface area contributed by atoms with E-state index < -0.39 is 18.0 Å². The second-order valence-corrected chi connectivity index (χ2v) is 9.16. The van der Waals surface area contributed by atoms with E-state index in [9.17, 15) is 18.0 Å². The molecule has 1 aromatic heterocycles. The van der Waals surface area contributed by atoms with Gasteiger partial charge < -0.3 is 14.4 Å². The zero-order valence-electron chi connectivity index (χ0n) is 17.7. The van der Waals surface area contributed by atoms with Gasteiger partial charge in [0.25, 0.3) is 0 Å². The number of fused-ring (bicyclic) bond motifs is 3. The summed E-state index contributed by atoms with van der Waals surface area (Å²) in [5.41, 5.74) is 3.51. The van der Waals surface area contributed by atoms with Gasteiger partial charge in [0.2, 0.25) is 5.91 Å². The van der Waals surface area contributed by atoms with Crippen molar-refractivity contribution in [2.24, 2.45) is 0 Å². The minimum Gasteiger partial charge on any atom is -0.330 e. The van der Waals surface area contributed by atoms with Gasteiger partial charge in [-0.3, -0.25) is 4.79 Å². The van der Waals surface area contributed by atoms with Crippen molar-refractivity contribution in [1.82, 2.24) is 14.5 Å². The number of para-hydroxylation sites is 1. The van der Waals surface area contributed by atoms with Crippen molar-refractivity contribution in [3.05, 3.63) is 47.0 Å². The van der Waals surface area contributed by atoms with Crippen molar-refractivity contribution in [2.45, 2.75) is 63.2 Å². The first kappa shape index (κ1) is 20.5. The Kier molecular flexibility index (Phi) is 4.88. The van der Waals surface area contributed by atoms with E-state index in [4.69, 9.17) is 4.98 Å². The second kappa shape index (κ2) is 7.36. The molecule has 0 atom stereocenters. The molecule has 1 amide bonds. The SMILES string of the molecule is CN1CC2(C1)C(=O)N(Cc1nc3c(n1CCCC(F)(F)F)CCCC3)c1ccccc12. The highest BCUT2D eigenvalue weighted by Crippen LogP contribution is 2.47. The van der Waals surface area contributed by atoms with E-state index in [1.165, 1.54) is 0 Å². The summed E-state index contributed by atoms with van der Waals surface area (Å²) >= 11 is 0. The van der Waals surface area contributed by atoms with Crippen LogP contribution in [0, 0.1) is 0 Å². The smallest absolute Gasteiger partial charge is 0.330 e. The van der Waals surface area contributed by atoms with Gasteiger partial charge in [0.05, 0.1) is 12.2 Å². The third-order valence-electron chi connectivity index (χ3n) is 6.90. The predicted molar refractivity (Wildman–Crippen MR) is 111 cm³/mol. The molecule has 1 aromatic carbocycles. The average Bonchev–Trinajstić information content (AvgIpc) is 3.16. The number of aryl methyl sites for hydroxylation is 1. The van der Waals surface area contributed by atoms with E-state index in [0.29, 0.717) is 25.5 Å². The van der Waals surface area contributed by atoms with Gasteiger partial charge in [-0.05, 0) is 50.8 Å². The minimum atomic E-state index is -4.16. The van der Waals surface area contributed by atoms with Crippen LogP contribution < -0.4 is 4.90 Å². The van der Waals surface area contributed by atoms with Crippen LogP contribution in [0.5, 0.6) is 0 Å². The predicted octanol–water partition coefficient (Wildman–Crippen LogP) is 3.83. The lowest BCUT2D eigenvalue weighted by molar-refractivity contribution is -0.136. The third kappa shape index (κ3) is 3.45. The van der Waals surface area contributed by atoms with Gasteiger partial charge in [0.1, 0.15) is 11.2 Å². The maximum absolute atomic E-state index is 13.5. The summed E-state index contributed by atoms with van der Waals surface area (Å²) in [5.74, 6) is 0.788. The van der Waals surface area contributed by atoms with Crippen molar-refractivity contribution >= 4 is 11.6 Å². The summed E-state index contributed by atoms with van der Waals surface area (Å²) in [6.07, 6.45) is -1.17.